The molecule has 0 bridgehead atoms. The highest BCUT2D eigenvalue weighted by Crippen LogP contribution is 2.33. The van der Waals surface area contributed by atoms with Crippen LogP contribution < -0.4 is 10.2 Å². The third-order valence-electron chi connectivity index (χ3n) is 4.26. The van der Waals surface area contributed by atoms with Gasteiger partial charge in [0.1, 0.15) is 5.82 Å². The lowest BCUT2D eigenvalue weighted by Gasteiger charge is -2.37. The van der Waals surface area contributed by atoms with Gasteiger partial charge < -0.3 is 10.2 Å². The van der Waals surface area contributed by atoms with Crippen LogP contribution in [0.15, 0.2) is 18.2 Å². The minimum absolute atomic E-state index is 0.0222. The summed E-state index contributed by atoms with van der Waals surface area (Å²) in [6.45, 7) is 2.73. The number of anilines is 1. The number of hydrogen-bond donors (Lipinski definition) is 1. The number of Topliss-reactive ketones (excluding diaryl/α,β-unsaturated/α-hetero) is 1. The van der Waals surface area contributed by atoms with Gasteiger partial charge in [-0.25, -0.2) is 4.39 Å². The number of carbonyl (C=O) groups is 2. The maximum Gasteiger partial charge on any atom is 0.225 e. The Hall–Kier alpha value is -1.91. The molecule has 1 aromatic carbocycles. The molecule has 2 aliphatic heterocycles. The standard InChI is InChI=1S/C15H17FN2O2/c1-9(19)10-4-5-13(12(16)7-10)18-6-2-3-11-14(18)8-17-15(11)20/h4-5,7,11,14H,2-3,6,8H2,1H3,(H,17,20). The van der Waals surface area contributed by atoms with Crippen molar-refractivity contribution in [2.24, 2.45) is 5.92 Å². The molecular weight excluding hydrogens is 259 g/mol. The molecule has 106 valence electrons. The highest BCUT2D eigenvalue weighted by atomic mass is 19.1. The van der Waals surface area contributed by atoms with E-state index < -0.39 is 5.82 Å². The van der Waals surface area contributed by atoms with E-state index in [2.05, 4.69) is 5.32 Å². The fourth-order valence-corrected chi connectivity index (χ4v) is 3.21. The number of rotatable bonds is 2. The lowest BCUT2D eigenvalue weighted by molar-refractivity contribution is -0.123. The molecule has 2 unspecified atom stereocenters. The van der Waals surface area contributed by atoms with Crippen molar-refractivity contribution in [1.29, 1.82) is 0 Å². The molecule has 0 aliphatic carbocycles. The summed E-state index contributed by atoms with van der Waals surface area (Å²) in [5.74, 6) is -0.515. The number of nitrogens with zero attached hydrogens (tertiary/aromatic N) is 1. The Morgan fingerprint density at radius 3 is 2.95 bits per heavy atom. The number of benzene rings is 1. The molecule has 2 aliphatic rings. The quantitative estimate of drug-likeness (QED) is 0.837. The third kappa shape index (κ3) is 2.07. The van der Waals surface area contributed by atoms with Gasteiger partial charge in [-0.15, -0.1) is 0 Å². The maximum atomic E-state index is 14.3. The van der Waals surface area contributed by atoms with Crippen molar-refractivity contribution in [3.63, 3.8) is 0 Å². The van der Waals surface area contributed by atoms with E-state index in [1.54, 1.807) is 12.1 Å². The van der Waals surface area contributed by atoms with Crippen LogP contribution in [-0.2, 0) is 4.79 Å². The summed E-state index contributed by atoms with van der Waals surface area (Å²) >= 11 is 0. The summed E-state index contributed by atoms with van der Waals surface area (Å²) in [6.07, 6.45) is 1.74. The number of halogens is 1. The predicted octanol–water partition coefficient (Wildman–Crippen LogP) is 1.74. The molecule has 1 N–H and O–H groups in total. The van der Waals surface area contributed by atoms with Gasteiger partial charge in [0, 0.05) is 18.7 Å². The van der Waals surface area contributed by atoms with Crippen LogP contribution in [0.5, 0.6) is 0 Å². The second-order valence-electron chi connectivity index (χ2n) is 5.48. The molecule has 2 heterocycles. The number of fused-ring (bicyclic) bond motifs is 1. The first-order valence-electron chi connectivity index (χ1n) is 6.93. The van der Waals surface area contributed by atoms with Crippen LogP contribution in [0.2, 0.25) is 0 Å². The molecule has 0 spiro atoms. The Balaban J connectivity index is 1.92. The largest absolute Gasteiger partial charge is 0.364 e. The van der Waals surface area contributed by atoms with Gasteiger partial charge in [0.15, 0.2) is 5.78 Å². The molecule has 1 amide bonds. The monoisotopic (exact) mass is 276 g/mol. The highest BCUT2D eigenvalue weighted by Gasteiger charge is 2.41. The molecule has 5 heteroatoms. The average Bonchev–Trinajstić information content (AvgIpc) is 2.81. The Morgan fingerprint density at radius 2 is 2.25 bits per heavy atom. The first-order chi connectivity index (χ1) is 9.58. The molecule has 3 rings (SSSR count). The first-order valence-corrected chi connectivity index (χ1v) is 6.93. The predicted molar refractivity (Wildman–Crippen MR) is 73.3 cm³/mol. The number of carbonyl (C=O) groups excluding carboxylic acids is 2. The molecular formula is C15H17FN2O2. The maximum absolute atomic E-state index is 14.3. The van der Waals surface area contributed by atoms with Crippen LogP contribution in [-0.4, -0.2) is 30.8 Å². The van der Waals surface area contributed by atoms with Crippen LogP contribution in [0.1, 0.15) is 30.1 Å². The summed E-state index contributed by atoms with van der Waals surface area (Å²) in [4.78, 5) is 25.0. The number of ketones is 1. The van der Waals surface area contributed by atoms with Crippen molar-refractivity contribution < 1.29 is 14.0 Å². The smallest absolute Gasteiger partial charge is 0.225 e. The average molecular weight is 276 g/mol. The van der Waals surface area contributed by atoms with Crippen molar-refractivity contribution >= 4 is 17.4 Å². The molecule has 1 aromatic rings. The van der Waals surface area contributed by atoms with Crippen molar-refractivity contribution in [3.05, 3.63) is 29.6 Å². The summed E-state index contributed by atoms with van der Waals surface area (Å²) in [7, 11) is 0. The van der Waals surface area contributed by atoms with Crippen molar-refractivity contribution in [2.45, 2.75) is 25.8 Å². The van der Waals surface area contributed by atoms with E-state index in [4.69, 9.17) is 0 Å². The number of nitrogens with one attached hydrogen (secondary N) is 1. The second-order valence-corrected chi connectivity index (χ2v) is 5.48. The van der Waals surface area contributed by atoms with Crippen LogP contribution in [0.3, 0.4) is 0 Å². The third-order valence-corrected chi connectivity index (χ3v) is 4.26. The lowest BCUT2D eigenvalue weighted by atomic mass is 9.91. The van der Waals surface area contributed by atoms with Gasteiger partial charge in [-0.1, -0.05) is 0 Å². The normalized spacial score (nSPS) is 25.3. The molecule has 20 heavy (non-hydrogen) atoms. The fraction of sp³-hybridized carbons (Fsp3) is 0.467. The zero-order valence-corrected chi connectivity index (χ0v) is 11.4. The SMILES string of the molecule is CC(=O)c1ccc(N2CCCC3C(=O)NCC32)c(F)c1. The number of hydrogen-bond acceptors (Lipinski definition) is 3. The Labute approximate surface area is 117 Å². The van der Waals surface area contributed by atoms with E-state index in [-0.39, 0.29) is 23.7 Å². The molecule has 0 saturated carbocycles. The van der Waals surface area contributed by atoms with Gasteiger partial charge in [0.05, 0.1) is 17.6 Å². The Kier molecular flexibility index (Phi) is 3.20. The highest BCUT2D eigenvalue weighted by molar-refractivity contribution is 5.94. The molecule has 0 radical (unpaired) electrons. The van der Waals surface area contributed by atoms with E-state index in [9.17, 15) is 14.0 Å². The zero-order chi connectivity index (χ0) is 14.3. The second kappa shape index (κ2) is 4.89. The molecule has 2 atom stereocenters. The van der Waals surface area contributed by atoms with Gasteiger partial charge in [-0.2, -0.15) is 0 Å². The van der Waals surface area contributed by atoms with Gasteiger partial charge in [-0.3, -0.25) is 9.59 Å². The number of piperidine rings is 1. The van der Waals surface area contributed by atoms with Crippen molar-refractivity contribution in [3.8, 4) is 0 Å². The first kappa shape index (κ1) is 13.1. The van der Waals surface area contributed by atoms with E-state index in [1.807, 2.05) is 4.90 Å². The Morgan fingerprint density at radius 1 is 1.45 bits per heavy atom. The van der Waals surface area contributed by atoms with E-state index in [0.29, 0.717) is 17.8 Å². The molecule has 0 aromatic heterocycles. The van der Waals surface area contributed by atoms with Gasteiger partial charge in [0.25, 0.3) is 0 Å². The van der Waals surface area contributed by atoms with Gasteiger partial charge in [-0.05, 0) is 38.0 Å². The lowest BCUT2D eigenvalue weighted by Crippen LogP contribution is -2.46. The number of amides is 1. The summed E-state index contributed by atoms with van der Waals surface area (Å²) in [6, 6.07) is 4.60. The molecule has 2 saturated heterocycles. The van der Waals surface area contributed by atoms with Crippen LogP contribution in [0, 0.1) is 11.7 Å². The topological polar surface area (TPSA) is 49.4 Å². The van der Waals surface area contributed by atoms with Crippen molar-refractivity contribution in [1.82, 2.24) is 5.32 Å². The summed E-state index contributed by atoms with van der Waals surface area (Å²) < 4.78 is 14.3. The van der Waals surface area contributed by atoms with Crippen LogP contribution >= 0.6 is 0 Å². The summed E-state index contributed by atoms with van der Waals surface area (Å²) in [5.41, 5.74) is 0.863. The van der Waals surface area contributed by atoms with Crippen LogP contribution in [0.4, 0.5) is 10.1 Å². The van der Waals surface area contributed by atoms with Crippen LogP contribution in [0.25, 0.3) is 0 Å². The summed E-state index contributed by atoms with van der Waals surface area (Å²) in [5, 5.41) is 2.85. The molecule has 2 fully saturated rings. The van der Waals surface area contributed by atoms with Gasteiger partial charge in [0.2, 0.25) is 5.91 Å². The minimum Gasteiger partial charge on any atom is -0.364 e. The fourth-order valence-electron chi connectivity index (χ4n) is 3.21. The van der Waals surface area contributed by atoms with E-state index >= 15 is 0 Å². The van der Waals surface area contributed by atoms with Crippen molar-refractivity contribution in [2.75, 3.05) is 18.0 Å². The zero-order valence-electron chi connectivity index (χ0n) is 11.4. The Bertz CT molecular complexity index is 573. The van der Waals surface area contributed by atoms with E-state index in [1.165, 1.54) is 13.0 Å². The van der Waals surface area contributed by atoms with E-state index in [0.717, 1.165) is 19.4 Å². The minimum atomic E-state index is -0.391. The van der Waals surface area contributed by atoms with Gasteiger partial charge >= 0.3 is 0 Å². The molecule has 4 nitrogen and oxygen atoms in total.